The fourth-order valence-corrected chi connectivity index (χ4v) is 4.46. The van der Waals surface area contributed by atoms with Crippen molar-refractivity contribution in [2.45, 2.75) is 40.2 Å². The maximum Gasteiger partial charge on any atom is 0.255 e. The van der Waals surface area contributed by atoms with Crippen LogP contribution >= 0.6 is 11.3 Å². The molecule has 1 amide bonds. The molecule has 1 aromatic carbocycles. The Morgan fingerprint density at radius 2 is 1.92 bits per heavy atom. The molecule has 1 fully saturated rings. The molecule has 0 aliphatic carbocycles. The minimum atomic E-state index is 0.201. The number of amides is 1. The third-order valence-corrected chi connectivity index (χ3v) is 5.92. The van der Waals surface area contributed by atoms with E-state index in [1.54, 1.807) is 11.3 Å². The SMILES string of the molecule is CCc1c(C(=O)N2CCN(c3ccc(C)cc3)C(C)C2)csc1C. The predicted molar refractivity (Wildman–Crippen MR) is 102 cm³/mol. The first-order valence-electron chi connectivity index (χ1n) is 8.70. The maximum atomic E-state index is 12.9. The van der Waals surface area contributed by atoms with Gasteiger partial charge in [-0.25, -0.2) is 0 Å². The molecule has 128 valence electrons. The van der Waals surface area contributed by atoms with Crippen molar-refractivity contribution in [3.05, 3.63) is 51.2 Å². The molecule has 1 unspecified atom stereocenters. The van der Waals surface area contributed by atoms with Crippen LogP contribution in [0.4, 0.5) is 5.69 Å². The molecule has 1 atom stereocenters. The number of anilines is 1. The third-order valence-electron chi connectivity index (χ3n) is 4.97. The molecular weight excluding hydrogens is 316 g/mol. The predicted octanol–water partition coefficient (Wildman–Crippen LogP) is 4.28. The molecule has 24 heavy (non-hydrogen) atoms. The van der Waals surface area contributed by atoms with E-state index in [2.05, 4.69) is 56.9 Å². The molecule has 0 radical (unpaired) electrons. The van der Waals surface area contributed by atoms with Gasteiger partial charge in [-0.3, -0.25) is 4.79 Å². The van der Waals surface area contributed by atoms with Gasteiger partial charge in [-0.15, -0.1) is 11.3 Å². The molecule has 1 saturated heterocycles. The molecule has 2 heterocycles. The van der Waals surface area contributed by atoms with E-state index < -0.39 is 0 Å². The average Bonchev–Trinajstić information content (AvgIpc) is 2.95. The number of hydrogen-bond acceptors (Lipinski definition) is 3. The van der Waals surface area contributed by atoms with Gasteiger partial charge in [0.2, 0.25) is 0 Å². The largest absolute Gasteiger partial charge is 0.365 e. The number of thiophene rings is 1. The Morgan fingerprint density at radius 1 is 1.21 bits per heavy atom. The minimum absolute atomic E-state index is 0.201. The van der Waals surface area contributed by atoms with Crippen LogP contribution in [0.25, 0.3) is 0 Å². The summed E-state index contributed by atoms with van der Waals surface area (Å²) < 4.78 is 0. The van der Waals surface area contributed by atoms with Crippen LogP contribution in [0.2, 0.25) is 0 Å². The first-order valence-corrected chi connectivity index (χ1v) is 9.58. The van der Waals surface area contributed by atoms with Gasteiger partial charge in [-0.1, -0.05) is 24.6 Å². The molecule has 1 aliphatic rings. The van der Waals surface area contributed by atoms with Crippen LogP contribution in [-0.2, 0) is 6.42 Å². The Balaban J connectivity index is 1.73. The van der Waals surface area contributed by atoms with Gasteiger partial charge in [-0.05, 0) is 44.9 Å². The lowest BCUT2D eigenvalue weighted by atomic mass is 10.1. The number of hydrogen-bond donors (Lipinski definition) is 0. The summed E-state index contributed by atoms with van der Waals surface area (Å²) in [5, 5.41) is 2.04. The molecule has 3 nitrogen and oxygen atoms in total. The second-order valence-corrected chi connectivity index (χ2v) is 7.75. The Hall–Kier alpha value is -1.81. The van der Waals surface area contributed by atoms with Crippen molar-refractivity contribution in [1.82, 2.24) is 4.90 Å². The van der Waals surface area contributed by atoms with Crippen LogP contribution in [0, 0.1) is 13.8 Å². The summed E-state index contributed by atoms with van der Waals surface area (Å²) in [6.45, 7) is 11.0. The van der Waals surface area contributed by atoms with E-state index in [4.69, 9.17) is 0 Å². The van der Waals surface area contributed by atoms with Crippen molar-refractivity contribution in [3.8, 4) is 0 Å². The number of benzene rings is 1. The Morgan fingerprint density at radius 3 is 2.54 bits per heavy atom. The van der Waals surface area contributed by atoms with Crippen molar-refractivity contribution in [2.75, 3.05) is 24.5 Å². The van der Waals surface area contributed by atoms with Gasteiger partial charge in [0.25, 0.3) is 5.91 Å². The number of piperazine rings is 1. The molecule has 0 spiro atoms. The van der Waals surface area contributed by atoms with E-state index in [1.165, 1.54) is 21.7 Å². The van der Waals surface area contributed by atoms with E-state index in [0.717, 1.165) is 31.6 Å². The van der Waals surface area contributed by atoms with Gasteiger partial charge in [0.15, 0.2) is 0 Å². The van der Waals surface area contributed by atoms with Crippen LogP contribution in [0.15, 0.2) is 29.6 Å². The van der Waals surface area contributed by atoms with Crippen LogP contribution in [0.3, 0.4) is 0 Å². The van der Waals surface area contributed by atoms with Crippen LogP contribution in [0.5, 0.6) is 0 Å². The summed E-state index contributed by atoms with van der Waals surface area (Å²) >= 11 is 1.69. The van der Waals surface area contributed by atoms with Gasteiger partial charge < -0.3 is 9.80 Å². The summed E-state index contributed by atoms with van der Waals surface area (Å²) in [5.74, 6) is 0.201. The first-order chi connectivity index (χ1) is 11.5. The first kappa shape index (κ1) is 17.0. The van der Waals surface area contributed by atoms with Gasteiger partial charge in [0.1, 0.15) is 0 Å². The van der Waals surface area contributed by atoms with Gasteiger partial charge in [-0.2, -0.15) is 0 Å². The van der Waals surface area contributed by atoms with E-state index in [1.807, 2.05) is 10.3 Å². The van der Waals surface area contributed by atoms with Gasteiger partial charge in [0.05, 0.1) is 5.56 Å². The molecule has 1 aliphatic heterocycles. The van der Waals surface area contributed by atoms with Gasteiger partial charge in [0, 0.05) is 41.6 Å². The second-order valence-electron chi connectivity index (χ2n) is 6.67. The molecule has 0 bridgehead atoms. The summed E-state index contributed by atoms with van der Waals surface area (Å²) in [6, 6.07) is 9.00. The lowest BCUT2D eigenvalue weighted by molar-refractivity contribution is 0.0726. The normalized spacial score (nSPS) is 18.1. The zero-order valence-electron chi connectivity index (χ0n) is 15.0. The van der Waals surface area contributed by atoms with E-state index in [0.29, 0.717) is 6.04 Å². The van der Waals surface area contributed by atoms with Gasteiger partial charge >= 0.3 is 0 Å². The molecular formula is C20H26N2OS. The fraction of sp³-hybridized carbons (Fsp3) is 0.450. The highest BCUT2D eigenvalue weighted by atomic mass is 32.1. The Labute approximate surface area is 148 Å². The van der Waals surface area contributed by atoms with Crippen LogP contribution < -0.4 is 4.90 Å². The quantitative estimate of drug-likeness (QED) is 0.831. The number of carbonyl (C=O) groups is 1. The topological polar surface area (TPSA) is 23.6 Å². The van der Waals surface area contributed by atoms with Crippen LogP contribution in [-0.4, -0.2) is 36.5 Å². The number of aryl methyl sites for hydroxylation is 2. The Kier molecular flexibility index (Phi) is 4.95. The lowest BCUT2D eigenvalue weighted by Crippen LogP contribution is -2.53. The second kappa shape index (κ2) is 6.98. The summed E-state index contributed by atoms with van der Waals surface area (Å²) in [7, 11) is 0. The van der Waals surface area contributed by atoms with Crippen molar-refractivity contribution < 1.29 is 4.79 Å². The smallest absolute Gasteiger partial charge is 0.255 e. The lowest BCUT2D eigenvalue weighted by Gasteiger charge is -2.41. The minimum Gasteiger partial charge on any atom is -0.365 e. The zero-order valence-corrected chi connectivity index (χ0v) is 15.8. The summed E-state index contributed by atoms with van der Waals surface area (Å²) in [5.41, 5.74) is 4.66. The van der Waals surface area contributed by atoms with Crippen LogP contribution in [0.1, 0.15) is 40.2 Å². The molecule has 0 N–H and O–H groups in total. The number of carbonyl (C=O) groups excluding carboxylic acids is 1. The average molecular weight is 343 g/mol. The highest BCUT2D eigenvalue weighted by molar-refractivity contribution is 7.10. The van der Waals surface area contributed by atoms with E-state index in [9.17, 15) is 4.79 Å². The monoisotopic (exact) mass is 342 g/mol. The van der Waals surface area contributed by atoms with Crippen molar-refractivity contribution in [1.29, 1.82) is 0 Å². The molecule has 0 saturated carbocycles. The van der Waals surface area contributed by atoms with E-state index in [-0.39, 0.29) is 5.91 Å². The highest BCUT2D eigenvalue weighted by Crippen LogP contribution is 2.26. The maximum absolute atomic E-state index is 12.9. The Bertz CT molecular complexity index is 720. The molecule has 2 aromatic rings. The molecule has 1 aromatic heterocycles. The fourth-order valence-electron chi connectivity index (χ4n) is 3.53. The van der Waals surface area contributed by atoms with Crippen molar-refractivity contribution in [2.24, 2.45) is 0 Å². The zero-order chi connectivity index (χ0) is 17.3. The molecule has 3 rings (SSSR count). The standard InChI is InChI=1S/C20H26N2OS/c1-5-18-16(4)24-13-19(18)20(23)21-10-11-22(15(3)12-21)17-8-6-14(2)7-9-17/h6-9,13,15H,5,10-12H2,1-4H3. The summed E-state index contributed by atoms with van der Waals surface area (Å²) in [6.07, 6.45) is 0.926. The summed E-state index contributed by atoms with van der Waals surface area (Å²) in [4.78, 5) is 18.6. The number of rotatable bonds is 3. The number of nitrogens with zero attached hydrogens (tertiary/aromatic N) is 2. The van der Waals surface area contributed by atoms with Crippen molar-refractivity contribution in [3.63, 3.8) is 0 Å². The highest BCUT2D eigenvalue weighted by Gasteiger charge is 2.29. The van der Waals surface area contributed by atoms with E-state index >= 15 is 0 Å². The third kappa shape index (κ3) is 3.20. The van der Waals surface area contributed by atoms with Crippen molar-refractivity contribution >= 4 is 22.9 Å². The molecule has 4 heteroatoms.